The second-order valence-electron chi connectivity index (χ2n) is 4.88. The molecular formula is C12H13FN2S. The molecule has 1 aliphatic rings. The smallest absolute Gasteiger partial charge is 0.178 e. The zero-order valence-corrected chi connectivity index (χ0v) is 10.1. The molecule has 1 aromatic carbocycles. The van der Waals surface area contributed by atoms with Crippen molar-refractivity contribution in [3.8, 4) is 0 Å². The topological polar surface area (TPSA) is 20.7 Å². The van der Waals surface area contributed by atoms with Crippen molar-refractivity contribution in [2.24, 2.45) is 0 Å². The highest BCUT2D eigenvalue weighted by Gasteiger charge is 2.40. The minimum atomic E-state index is -0.183. The largest absolute Gasteiger partial charge is 0.330 e. The van der Waals surface area contributed by atoms with Gasteiger partial charge in [0.25, 0.3) is 0 Å². The Hall–Kier alpha value is -1.16. The zero-order valence-electron chi connectivity index (χ0n) is 9.30. The Labute approximate surface area is 98.1 Å². The van der Waals surface area contributed by atoms with E-state index in [9.17, 15) is 4.39 Å². The van der Waals surface area contributed by atoms with Gasteiger partial charge in [-0.25, -0.2) is 4.39 Å². The maximum absolute atomic E-state index is 13.4. The van der Waals surface area contributed by atoms with Crippen molar-refractivity contribution >= 4 is 23.3 Å². The Morgan fingerprint density at radius 3 is 2.75 bits per heavy atom. The third-order valence-corrected chi connectivity index (χ3v) is 3.76. The van der Waals surface area contributed by atoms with E-state index in [1.165, 1.54) is 6.07 Å². The minimum Gasteiger partial charge on any atom is -0.330 e. The Kier molecular flexibility index (Phi) is 1.84. The number of nitrogens with one attached hydrogen (secondary N) is 1. The molecule has 84 valence electrons. The van der Waals surface area contributed by atoms with Crippen LogP contribution < -0.4 is 0 Å². The highest BCUT2D eigenvalue weighted by Crippen LogP contribution is 2.44. The summed E-state index contributed by atoms with van der Waals surface area (Å²) < 4.78 is 16.3. The Bertz CT molecular complexity index is 634. The molecule has 0 saturated heterocycles. The summed E-state index contributed by atoms with van der Waals surface area (Å²) in [5.74, 6) is -0.183. The highest BCUT2D eigenvalue weighted by atomic mass is 32.1. The summed E-state index contributed by atoms with van der Waals surface area (Å²) >= 11 is 5.31. The third-order valence-electron chi connectivity index (χ3n) is 3.48. The van der Waals surface area contributed by atoms with Crippen molar-refractivity contribution in [2.75, 3.05) is 0 Å². The van der Waals surface area contributed by atoms with Gasteiger partial charge in [-0.2, -0.15) is 0 Å². The maximum atomic E-state index is 13.4. The predicted molar refractivity (Wildman–Crippen MR) is 64.7 cm³/mol. The van der Waals surface area contributed by atoms with E-state index in [1.807, 2.05) is 6.07 Å². The van der Waals surface area contributed by atoms with Crippen molar-refractivity contribution in [2.45, 2.75) is 32.2 Å². The lowest BCUT2D eigenvalue weighted by Gasteiger charge is -2.12. The first-order valence-electron chi connectivity index (χ1n) is 5.43. The molecule has 0 atom stereocenters. The molecule has 0 aliphatic heterocycles. The number of hydrogen-bond acceptors (Lipinski definition) is 1. The fraction of sp³-hybridized carbons (Fsp3) is 0.417. The van der Waals surface area contributed by atoms with Crippen LogP contribution in [0.2, 0.25) is 0 Å². The molecular weight excluding hydrogens is 223 g/mol. The van der Waals surface area contributed by atoms with Crippen LogP contribution in [0.1, 0.15) is 25.3 Å². The lowest BCUT2D eigenvalue weighted by atomic mass is 10.2. The fourth-order valence-corrected chi connectivity index (χ4v) is 2.60. The Balaban J connectivity index is 2.40. The first kappa shape index (κ1) is 10.0. The van der Waals surface area contributed by atoms with Gasteiger partial charge in [0.05, 0.1) is 11.0 Å². The molecule has 1 saturated carbocycles. The molecule has 1 aromatic heterocycles. The first-order chi connectivity index (χ1) is 7.51. The van der Waals surface area contributed by atoms with Crippen LogP contribution in [-0.4, -0.2) is 9.55 Å². The van der Waals surface area contributed by atoms with Crippen LogP contribution in [0.5, 0.6) is 0 Å². The number of aromatic nitrogens is 2. The van der Waals surface area contributed by atoms with E-state index in [0.29, 0.717) is 10.3 Å². The number of H-pyrrole nitrogens is 1. The van der Waals surface area contributed by atoms with Gasteiger partial charge in [0, 0.05) is 5.54 Å². The van der Waals surface area contributed by atoms with Gasteiger partial charge in [0.1, 0.15) is 5.82 Å². The highest BCUT2D eigenvalue weighted by molar-refractivity contribution is 7.71. The molecule has 2 nitrogen and oxygen atoms in total. The third kappa shape index (κ3) is 1.26. The van der Waals surface area contributed by atoms with Crippen molar-refractivity contribution < 1.29 is 4.39 Å². The number of halogens is 1. The molecule has 1 aliphatic carbocycles. The number of hydrogen-bond donors (Lipinski definition) is 1. The number of nitrogens with zero attached hydrogens (tertiary/aromatic N) is 1. The van der Waals surface area contributed by atoms with Gasteiger partial charge >= 0.3 is 0 Å². The van der Waals surface area contributed by atoms with E-state index >= 15 is 0 Å². The normalized spacial score (nSPS) is 17.9. The summed E-state index contributed by atoms with van der Waals surface area (Å²) in [6.07, 6.45) is 2.29. The molecule has 0 amide bonds. The van der Waals surface area contributed by atoms with Crippen LogP contribution in [0.3, 0.4) is 0 Å². The van der Waals surface area contributed by atoms with Crippen LogP contribution in [0.25, 0.3) is 11.0 Å². The van der Waals surface area contributed by atoms with E-state index in [2.05, 4.69) is 16.5 Å². The Morgan fingerprint density at radius 1 is 1.44 bits per heavy atom. The summed E-state index contributed by atoms with van der Waals surface area (Å²) in [5, 5.41) is 0. The monoisotopic (exact) mass is 236 g/mol. The van der Waals surface area contributed by atoms with E-state index in [1.54, 1.807) is 6.92 Å². The molecule has 0 spiro atoms. The summed E-state index contributed by atoms with van der Waals surface area (Å²) in [6.45, 7) is 3.97. The fourth-order valence-electron chi connectivity index (χ4n) is 2.17. The number of aromatic amines is 1. The van der Waals surface area contributed by atoms with Gasteiger partial charge < -0.3 is 9.55 Å². The average molecular weight is 236 g/mol. The van der Waals surface area contributed by atoms with Crippen LogP contribution in [0.15, 0.2) is 12.1 Å². The molecule has 0 unspecified atom stereocenters. The van der Waals surface area contributed by atoms with Gasteiger partial charge in [0.2, 0.25) is 0 Å². The average Bonchev–Trinajstić information content (AvgIpc) is 2.84. The van der Waals surface area contributed by atoms with E-state index in [4.69, 9.17) is 12.2 Å². The van der Waals surface area contributed by atoms with Crippen molar-refractivity contribution in [3.05, 3.63) is 28.3 Å². The molecule has 2 aromatic rings. The van der Waals surface area contributed by atoms with Crippen LogP contribution in [-0.2, 0) is 5.54 Å². The molecule has 1 fully saturated rings. The number of rotatable bonds is 1. The first-order valence-corrected chi connectivity index (χ1v) is 5.83. The molecule has 0 radical (unpaired) electrons. The maximum Gasteiger partial charge on any atom is 0.178 e. The second kappa shape index (κ2) is 2.94. The number of fused-ring (bicyclic) bond motifs is 1. The summed E-state index contributed by atoms with van der Waals surface area (Å²) in [6, 6.07) is 3.41. The number of imidazole rings is 1. The van der Waals surface area contributed by atoms with Crippen LogP contribution in [0, 0.1) is 17.5 Å². The van der Waals surface area contributed by atoms with Crippen molar-refractivity contribution in [1.29, 1.82) is 0 Å². The van der Waals surface area contributed by atoms with Gasteiger partial charge in [-0.1, -0.05) is 0 Å². The van der Waals surface area contributed by atoms with E-state index in [-0.39, 0.29) is 11.4 Å². The van der Waals surface area contributed by atoms with E-state index in [0.717, 1.165) is 23.9 Å². The molecule has 0 bridgehead atoms. The van der Waals surface area contributed by atoms with Gasteiger partial charge in [0.15, 0.2) is 4.77 Å². The van der Waals surface area contributed by atoms with Crippen molar-refractivity contribution in [3.63, 3.8) is 0 Å². The van der Waals surface area contributed by atoms with Crippen molar-refractivity contribution in [1.82, 2.24) is 9.55 Å². The van der Waals surface area contributed by atoms with Crippen LogP contribution in [0.4, 0.5) is 4.39 Å². The summed E-state index contributed by atoms with van der Waals surface area (Å²) in [7, 11) is 0. The molecule has 1 N–H and O–H groups in total. The standard InChI is InChI=1S/C12H13FN2S/c1-7-5-10-9(6-8(7)13)14-11(16)15(10)12(2)3-4-12/h5-6H,3-4H2,1-2H3,(H,14,16). The number of aryl methyl sites for hydroxylation is 1. The molecule has 16 heavy (non-hydrogen) atoms. The molecule has 4 heteroatoms. The van der Waals surface area contributed by atoms with Gasteiger partial charge in [-0.05, 0) is 56.6 Å². The minimum absolute atomic E-state index is 0.138. The zero-order chi connectivity index (χ0) is 11.5. The number of benzene rings is 1. The molecule has 3 rings (SSSR count). The summed E-state index contributed by atoms with van der Waals surface area (Å²) in [4.78, 5) is 3.08. The van der Waals surface area contributed by atoms with Crippen LogP contribution >= 0.6 is 12.2 Å². The lowest BCUT2D eigenvalue weighted by Crippen LogP contribution is -2.11. The molecule has 1 heterocycles. The quantitative estimate of drug-likeness (QED) is 0.749. The second-order valence-corrected chi connectivity index (χ2v) is 5.27. The van der Waals surface area contributed by atoms with Gasteiger partial charge in [-0.15, -0.1) is 0 Å². The predicted octanol–water partition coefficient (Wildman–Crippen LogP) is 3.66. The lowest BCUT2D eigenvalue weighted by molar-refractivity contribution is 0.541. The Morgan fingerprint density at radius 2 is 2.12 bits per heavy atom. The van der Waals surface area contributed by atoms with Gasteiger partial charge in [-0.3, -0.25) is 0 Å². The van der Waals surface area contributed by atoms with E-state index < -0.39 is 0 Å². The SMILES string of the molecule is Cc1cc2c(cc1F)[nH]c(=S)n2C1(C)CC1. The summed E-state index contributed by atoms with van der Waals surface area (Å²) in [5.41, 5.74) is 2.61.